The van der Waals surface area contributed by atoms with Crippen molar-refractivity contribution in [1.29, 1.82) is 0 Å². The molecule has 1 aliphatic rings. The molecule has 184 valence electrons. The summed E-state index contributed by atoms with van der Waals surface area (Å²) >= 11 is 1.75. The Labute approximate surface area is 211 Å². The summed E-state index contributed by atoms with van der Waals surface area (Å²) in [6, 6.07) is 12.7. The van der Waals surface area contributed by atoms with Crippen LogP contribution in [0.2, 0.25) is 0 Å². The fraction of sp³-hybridized carbons (Fsp3) is 0.417. The van der Waals surface area contributed by atoms with E-state index in [4.69, 9.17) is 4.98 Å². The molecule has 1 aliphatic heterocycles. The lowest BCUT2D eigenvalue weighted by Gasteiger charge is -2.34. The number of sulfone groups is 1. The highest BCUT2D eigenvalue weighted by molar-refractivity contribution is 7.91. The van der Waals surface area contributed by atoms with Crippen molar-refractivity contribution in [2.75, 3.05) is 49.9 Å². The number of rotatable bonds is 8. The quantitative estimate of drug-likeness (QED) is 0.486. The van der Waals surface area contributed by atoms with Gasteiger partial charge in [-0.3, -0.25) is 9.69 Å². The lowest BCUT2D eigenvalue weighted by molar-refractivity contribution is 0.0947. The molecular formula is C24H31ClN4O3S2. The van der Waals surface area contributed by atoms with Gasteiger partial charge in [-0.15, -0.1) is 12.4 Å². The molecular weight excluding hydrogens is 492 g/mol. The molecule has 1 fully saturated rings. The second kappa shape index (κ2) is 11.5. The molecule has 1 N–H and O–H groups in total. The number of nitrogens with zero attached hydrogens (tertiary/aromatic N) is 3. The number of aromatic nitrogens is 1. The molecule has 0 bridgehead atoms. The highest BCUT2D eigenvalue weighted by Gasteiger charge is 2.20. The van der Waals surface area contributed by atoms with E-state index in [2.05, 4.69) is 40.2 Å². The van der Waals surface area contributed by atoms with E-state index in [0.717, 1.165) is 49.8 Å². The summed E-state index contributed by atoms with van der Waals surface area (Å²) in [5.74, 6) is -0.233. The van der Waals surface area contributed by atoms with E-state index >= 15 is 0 Å². The molecule has 3 aromatic rings. The third-order valence-electron chi connectivity index (χ3n) is 6.04. The minimum Gasteiger partial charge on any atom is -0.351 e. The number of amides is 1. The van der Waals surface area contributed by atoms with Gasteiger partial charge in [0.05, 0.1) is 20.9 Å². The van der Waals surface area contributed by atoms with Crippen LogP contribution in [-0.4, -0.2) is 69.2 Å². The normalized spacial score (nSPS) is 14.7. The third kappa shape index (κ3) is 6.07. The lowest BCUT2D eigenvalue weighted by atomic mass is 10.2. The number of anilines is 1. The molecule has 2 heterocycles. The smallest absolute Gasteiger partial charge is 0.251 e. The average molecular weight is 523 g/mol. The zero-order valence-electron chi connectivity index (χ0n) is 19.5. The maximum absolute atomic E-state index is 12.5. The molecule has 1 saturated heterocycles. The van der Waals surface area contributed by atoms with Crippen molar-refractivity contribution in [3.05, 3.63) is 53.6 Å². The molecule has 0 saturated carbocycles. The average Bonchev–Trinajstić information content (AvgIpc) is 3.27. The Bertz CT molecular complexity index is 1240. The summed E-state index contributed by atoms with van der Waals surface area (Å²) in [5.41, 5.74) is 2.77. The molecule has 7 nitrogen and oxygen atoms in total. The van der Waals surface area contributed by atoms with E-state index in [1.54, 1.807) is 30.4 Å². The molecule has 0 radical (unpaired) electrons. The summed E-state index contributed by atoms with van der Waals surface area (Å²) in [6.07, 6.45) is 1.03. The van der Waals surface area contributed by atoms with Crippen LogP contribution in [0.1, 0.15) is 29.8 Å². The van der Waals surface area contributed by atoms with E-state index in [1.165, 1.54) is 22.4 Å². The van der Waals surface area contributed by atoms with Gasteiger partial charge in [0.15, 0.2) is 15.0 Å². The van der Waals surface area contributed by atoms with Gasteiger partial charge in [-0.1, -0.05) is 37.3 Å². The highest BCUT2D eigenvalue weighted by Crippen LogP contribution is 2.30. The van der Waals surface area contributed by atoms with Crippen molar-refractivity contribution in [1.82, 2.24) is 15.2 Å². The molecule has 4 rings (SSSR count). The summed E-state index contributed by atoms with van der Waals surface area (Å²) in [7, 11) is -3.33. The number of thiazole rings is 1. The van der Waals surface area contributed by atoms with Crippen LogP contribution in [-0.2, 0) is 16.3 Å². The number of piperazine rings is 1. The van der Waals surface area contributed by atoms with Crippen molar-refractivity contribution in [2.24, 2.45) is 0 Å². The Balaban J connectivity index is 0.00000324. The predicted octanol–water partition coefficient (Wildman–Crippen LogP) is 3.63. The van der Waals surface area contributed by atoms with E-state index in [1.807, 2.05) is 0 Å². The Kier molecular flexibility index (Phi) is 8.92. The first-order chi connectivity index (χ1) is 15.9. The predicted molar refractivity (Wildman–Crippen MR) is 141 cm³/mol. The molecule has 0 aliphatic carbocycles. The minimum atomic E-state index is -3.33. The molecule has 1 amide bonds. The van der Waals surface area contributed by atoms with Crippen LogP contribution in [0.5, 0.6) is 0 Å². The van der Waals surface area contributed by atoms with Crippen LogP contribution in [0.4, 0.5) is 5.13 Å². The van der Waals surface area contributed by atoms with Gasteiger partial charge in [-0.05, 0) is 42.3 Å². The number of carbonyl (C=O) groups excluding carboxylic acids is 1. The first-order valence-electron chi connectivity index (χ1n) is 11.4. The summed E-state index contributed by atoms with van der Waals surface area (Å²) in [6.45, 7) is 8.68. The molecule has 0 atom stereocenters. The first kappa shape index (κ1) is 26.4. The van der Waals surface area contributed by atoms with Crippen LogP contribution in [0.3, 0.4) is 0 Å². The molecule has 1 aromatic heterocycles. The van der Waals surface area contributed by atoms with Crippen molar-refractivity contribution in [3.63, 3.8) is 0 Å². The topological polar surface area (TPSA) is 82.6 Å². The van der Waals surface area contributed by atoms with E-state index < -0.39 is 9.84 Å². The summed E-state index contributed by atoms with van der Waals surface area (Å²) in [4.78, 5) is 22.2. The second-order valence-electron chi connectivity index (χ2n) is 8.17. The van der Waals surface area contributed by atoms with Crippen molar-refractivity contribution in [3.8, 4) is 0 Å². The fourth-order valence-corrected chi connectivity index (χ4v) is 5.91. The Morgan fingerprint density at radius 1 is 1.09 bits per heavy atom. The van der Waals surface area contributed by atoms with Gasteiger partial charge in [0.1, 0.15) is 0 Å². The SMILES string of the molecule is CCc1ccc2nc(N3CCN(CCNC(=O)c4cccc(S(=O)(=O)CC)c4)CC3)sc2c1.Cl. The van der Waals surface area contributed by atoms with Gasteiger partial charge in [-0.25, -0.2) is 13.4 Å². The van der Waals surface area contributed by atoms with Gasteiger partial charge < -0.3 is 10.2 Å². The summed E-state index contributed by atoms with van der Waals surface area (Å²) in [5, 5.41) is 3.99. The lowest BCUT2D eigenvalue weighted by Crippen LogP contribution is -2.48. The molecule has 2 aromatic carbocycles. The number of hydrogen-bond acceptors (Lipinski definition) is 7. The number of benzene rings is 2. The molecule has 34 heavy (non-hydrogen) atoms. The fourth-order valence-electron chi connectivity index (χ4n) is 3.90. The third-order valence-corrected chi connectivity index (χ3v) is 8.85. The number of aryl methyl sites for hydroxylation is 1. The van der Waals surface area contributed by atoms with Gasteiger partial charge in [0.2, 0.25) is 0 Å². The van der Waals surface area contributed by atoms with Crippen LogP contribution in [0.15, 0.2) is 47.4 Å². The van der Waals surface area contributed by atoms with Gasteiger partial charge in [0, 0.05) is 44.8 Å². The number of carbonyl (C=O) groups is 1. The Morgan fingerprint density at radius 2 is 1.85 bits per heavy atom. The van der Waals surface area contributed by atoms with Crippen molar-refractivity contribution in [2.45, 2.75) is 25.2 Å². The van der Waals surface area contributed by atoms with E-state index in [9.17, 15) is 13.2 Å². The Hall–Kier alpha value is -2.20. The molecule has 0 unspecified atom stereocenters. The Morgan fingerprint density at radius 3 is 2.56 bits per heavy atom. The first-order valence-corrected chi connectivity index (χ1v) is 13.8. The molecule has 10 heteroatoms. The van der Waals surface area contributed by atoms with Gasteiger partial charge in [0.25, 0.3) is 5.91 Å². The summed E-state index contributed by atoms with van der Waals surface area (Å²) < 4.78 is 25.4. The maximum atomic E-state index is 12.5. The number of nitrogens with one attached hydrogen (secondary N) is 1. The van der Waals surface area contributed by atoms with Crippen molar-refractivity contribution < 1.29 is 13.2 Å². The van der Waals surface area contributed by atoms with Gasteiger partial charge >= 0.3 is 0 Å². The van der Waals surface area contributed by atoms with Crippen LogP contribution >= 0.6 is 23.7 Å². The van der Waals surface area contributed by atoms with E-state index in [0.29, 0.717) is 12.1 Å². The highest BCUT2D eigenvalue weighted by atomic mass is 35.5. The number of halogens is 1. The van der Waals surface area contributed by atoms with Gasteiger partial charge in [-0.2, -0.15) is 0 Å². The van der Waals surface area contributed by atoms with Crippen LogP contribution < -0.4 is 10.2 Å². The van der Waals surface area contributed by atoms with E-state index in [-0.39, 0.29) is 29.0 Å². The maximum Gasteiger partial charge on any atom is 0.251 e. The largest absolute Gasteiger partial charge is 0.351 e. The van der Waals surface area contributed by atoms with Crippen LogP contribution in [0, 0.1) is 0 Å². The van der Waals surface area contributed by atoms with Crippen molar-refractivity contribution >= 4 is 54.8 Å². The monoisotopic (exact) mass is 522 g/mol. The number of hydrogen-bond donors (Lipinski definition) is 1. The minimum absolute atomic E-state index is 0. The molecule has 0 spiro atoms. The second-order valence-corrected chi connectivity index (χ2v) is 11.5. The van der Waals surface area contributed by atoms with Crippen LogP contribution in [0.25, 0.3) is 10.2 Å². The number of fused-ring (bicyclic) bond motifs is 1. The standard InChI is InChI=1S/C24H30N4O3S2.ClH/c1-3-18-8-9-21-22(16-18)32-24(26-21)28-14-12-27(13-15-28)11-10-25-23(29)19-6-5-7-20(17-19)33(30,31)4-2;/h5-9,16-17H,3-4,10-15H2,1-2H3,(H,25,29);1H. The zero-order chi connectivity index (χ0) is 23.4. The zero-order valence-corrected chi connectivity index (χ0v) is 21.9.